The molecule has 5 aromatic rings. The molecule has 0 N–H and O–H groups in total. The number of sulfone groups is 2. The smallest absolute Gasteiger partial charge is 0.206 e. The Labute approximate surface area is 232 Å². The molecule has 0 radical (unpaired) electrons. The molecule has 38 heavy (non-hydrogen) atoms. The van der Waals surface area contributed by atoms with Crippen LogP contribution < -0.4 is 0 Å². The van der Waals surface area contributed by atoms with Crippen LogP contribution in [0.25, 0.3) is 22.3 Å². The Hall–Kier alpha value is -3.42. The molecular weight excluding hydrogens is 559 g/mol. The van der Waals surface area contributed by atoms with Crippen molar-refractivity contribution in [1.82, 2.24) is 0 Å². The summed E-state index contributed by atoms with van der Waals surface area (Å²) in [7, 11) is -7.54. The van der Waals surface area contributed by atoms with Crippen molar-refractivity contribution in [1.29, 1.82) is 0 Å². The first-order valence-corrected chi connectivity index (χ1v) is 15.2. The van der Waals surface area contributed by atoms with Crippen LogP contribution in [0.4, 0.5) is 0 Å². The molecule has 0 aliphatic carbocycles. The fourth-order valence-corrected chi connectivity index (χ4v) is 7.01. The van der Waals surface area contributed by atoms with Gasteiger partial charge in [0.2, 0.25) is 19.7 Å². The minimum absolute atomic E-state index is 0.145. The van der Waals surface area contributed by atoms with Crippen LogP contribution in [0, 0.1) is 0 Å². The Balaban J connectivity index is 1.58. The van der Waals surface area contributed by atoms with E-state index in [9.17, 15) is 16.8 Å². The fraction of sp³-hybridized carbons (Fsp3) is 0. The van der Waals surface area contributed by atoms with Crippen LogP contribution in [-0.2, 0) is 19.7 Å². The molecule has 0 spiro atoms. The molecule has 0 amide bonds. The highest BCUT2D eigenvalue weighted by Crippen LogP contribution is 2.35. The standard InChI is InChI=1S/C30H20Cl2O4S2/c31-23-11-15-25(16-12-23)37(33,34)27-7-3-5-21(19-27)29-9-1-2-10-30(29)22-6-4-8-28(20-22)38(35,36)26-17-13-24(32)14-18-26/h1-20H. The molecule has 0 atom stereocenters. The molecule has 0 bridgehead atoms. The van der Waals surface area contributed by atoms with Crippen molar-refractivity contribution in [3.05, 3.63) is 131 Å². The second-order valence-corrected chi connectivity index (χ2v) is 13.3. The molecule has 0 fully saturated rings. The summed E-state index contributed by atoms with van der Waals surface area (Å²) in [4.78, 5) is 0.581. The van der Waals surface area contributed by atoms with Gasteiger partial charge in [-0.05, 0) is 95.1 Å². The van der Waals surface area contributed by atoms with Crippen molar-refractivity contribution in [2.45, 2.75) is 19.6 Å². The lowest BCUT2D eigenvalue weighted by atomic mass is 9.95. The summed E-state index contributed by atoms with van der Waals surface area (Å²) in [5, 5.41) is 0.902. The number of hydrogen-bond acceptors (Lipinski definition) is 4. The molecule has 0 aromatic heterocycles. The van der Waals surface area contributed by atoms with Gasteiger partial charge in [0.25, 0.3) is 0 Å². The fourth-order valence-electron chi connectivity index (χ4n) is 4.15. The first-order chi connectivity index (χ1) is 18.2. The maximum atomic E-state index is 13.3. The van der Waals surface area contributed by atoms with E-state index in [0.717, 1.165) is 11.1 Å². The molecule has 0 heterocycles. The molecule has 8 heteroatoms. The van der Waals surface area contributed by atoms with Crippen LogP contribution >= 0.6 is 23.2 Å². The minimum atomic E-state index is -3.77. The highest BCUT2D eigenvalue weighted by molar-refractivity contribution is 7.91. The van der Waals surface area contributed by atoms with Gasteiger partial charge >= 0.3 is 0 Å². The average molecular weight is 580 g/mol. The predicted molar refractivity (Wildman–Crippen MR) is 151 cm³/mol. The van der Waals surface area contributed by atoms with Gasteiger partial charge in [-0.2, -0.15) is 0 Å². The largest absolute Gasteiger partial charge is 0.219 e. The van der Waals surface area contributed by atoms with Crippen molar-refractivity contribution in [2.24, 2.45) is 0 Å². The number of hydrogen-bond donors (Lipinski definition) is 0. The zero-order chi connectivity index (χ0) is 26.9. The molecule has 5 rings (SSSR count). The monoisotopic (exact) mass is 578 g/mol. The molecule has 190 valence electrons. The zero-order valence-corrected chi connectivity index (χ0v) is 22.9. The Morgan fingerprint density at radius 1 is 0.395 bits per heavy atom. The van der Waals surface area contributed by atoms with E-state index in [0.29, 0.717) is 21.2 Å². The molecule has 0 saturated carbocycles. The molecule has 0 aliphatic rings. The second kappa shape index (κ2) is 10.4. The Bertz CT molecular complexity index is 1710. The summed E-state index contributed by atoms with van der Waals surface area (Å²) < 4.78 is 53.1. The van der Waals surface area contributed by atoms with Gasteiger partial charge in [-0.15, -0.1) is 0 Å². The van der Waals surface area contributed by atoms with E-state index < -0.39 is 19.7 Å². The van der Waals surface area contributed by atoms with Crippen molar-refractivity contribution in [3.63, 3.8) is 0 Å². The molecular formula is C30H20Cl2O4S2. The van der Waals surface area contributed by atoms with Gasteiger partial charge in [0.15, 0.2) is 0 Å². The predicted octanol–water partition coefficient (Wildman–Crippen LogP) is 7.99. The quantitative estimate of drug-likeness (QED) is 0.205. The maximum Gasteiger partial charge on any atom is 0.206 e. The Kier molecular flexibility index (Phi) is 7.16. The first-order valence-electron chi connectivity index (χ1n) is 11.5. The molecule has 4 nitrogen and oxygen atoms in total. The van der Waals surface area contributed by atoms with E-state index in [4.69, 9.17) is 23.2 Å². The van der Waals surface area contributed by atoms with E-state index in [1.807, 2.05) is 36.4 Å². The van der Waals surface area contributed by atoms with Crippen LogP contribution in [0.15, 0.2) is 141 Å². The lowest BCUT2D eigenvalue weighted by molar-refractivity contribution is 0.594. The third-order valence-electron chi connectivity index (χ3n) is 6.09. The summed E-state index contributed by atoms with van der Waals surface area (Å²) in [6, 6.07) is 32.9. The topological polar surface area (TPSA) is 68.3 Å². The van der Waals surface area contributed by atoms with Crippen LogP contribution in [0.2, 0.25) is 10.0 Å². The van der Waals surface area contributed by atoms with Crippen molar-refractivity contribution in [2.75, 3.05) is 0 Å². The average Bonchev–Trinajstić information content (AvgIpc) is 2.94. The molecule has 0 saturated heterocycles. The highest BCUT2D eigenvalue weighted by Gasteiger charge is 2.21. The van der Waals surface area contributed by atoms with Gasteiger partial charge in [-0.3, -0.25) is 0 Å². The SMILES string of the molecule is O=S(=O)(c1ccc(Cl)cc1)c1cccc(-c2ccccc2-c2cccc(S(=O)(=O)c3ccc(Cl)cc3)c2)c1. The van der Waals surface area contributed by atoms with Crippen molar-refractivity contribution < 1.29 is 16.8 Å². The molecule has 0 aliphatic heterocycles. The van der Waals surface area contributed by atoms with Crippen LogP contribution in [0.1, 0.15) is 0 Å². The van der Waals surface area contributed by atoms with Gasteiger partial charge in [0, 0.05) is 10.0 Å². The third-order valence-corrected chi connectivity index (χ3v) is 10.1. The Morgan fingerprint density at radius 3 is 1.13 bits per heavy atom. The zero-order valence-electron chi connectivity index (χ0n) is 19.8. The lowest BCUT2D eigenvalue weighted by Gasteiger charge is -2.13. The lowest BCUT2D eigenvalue weighted by Crippen LogP contribution is -2.02. The van der Waals surface area contributed by atoms with Gasteiger partial charge < -0.3 is 0 Å². The summed E-state index contributed by atoms with van der Waals surface area (Å²) in [6.45, 7) is 0. The van der Waals surface area contributed by atoms with Gasteiger partial charge in [0.05, 0.1) is 19.6 Å². The van der Waals surface area contributed by atoms with Gasteiger partial charge in [-0.25, -0.2) is 16.8 Å². The third kappa shape index (κ3) is 5.13. The first kappa shape index (κ1) is 26.2. The number of benzene rings is 5. The van der Waals surface area contributed by atoms with E-state index in [1.54, 1.807) is 60.7 Å². The summed E-state index contributed by atoms with van der Waals surface area (Å²) in [5.74, 6) is 0. The van der Waals surface area contributed by atoms with Crippen molar-refractivity contribution >= 4 is 42.9 Å². The summed E-state index contributed by atoms with van der Waals surface area (Å²) >= 11 is 11.9. The normalized spacial score (nSPS) is 11.8. The minimum Gasteiger partial charge on any atom is -0.219 e. The van der Waals surface area contributed by atoms with Gasteiger partial charge in [-0.1, -0.05) is 71.7 Å². The van der Waals surface area contributed by atoms with Crippen LogP contribution in [0.3, 0.4) is 0 Å². The molecule has 0 unspecified atom stereocenters. The van der Waals surface area contributed by atoms with Gasteiger partial charge in [0.1, 0.15) is 0 Å². The van der Waals surface area contributed by atoms with Crippen LogP contribution in [0.5, 0.6) is 0 Å². The van der Waals surface area contributed by atoms with E-state index in [2.05, 4.69) is 0 Å². The van der Waals surface area contributed by atoms with E-state index >= 15 is 0 Å². The van der Waals surface area contributed by atoms with E-state index in [1.165, 1.54) is 24.3 Å². The number of rotatable bonds is 6. The summed E-state index contributed by atoms with van der Waals surface area (Å²) in [6.07, 6.45) is 0. The van der Waals surface area contributed by atoms with Crippen LogP contribution in [-0.4, -0.2) is 16.8 Å². The van der Waals surface area contributed by atoms with Crippen molar-refractivity contribution in [3.8, 4) is 22.3 Å². The second-order valence-electron chi connectivity index (χ2n) is 8.52. The molecule has 5 aromatic carbocycles. The van der Waals surface area contributed by atoms with E-state index in [-0.39, 0.29) is 19.6 Å². The number of halogens is 2. The maximum absolute atomic E-state index is 13.3. The highest BCUT2D eigenvalue weighted by atomic mass is 35.5. The Morgan fingerprint density at radius 2 is 0.763 bits per heavy atom. The summed E-state index contributed by atoms with van der Waals surface area (Å²) in [5.41, 5.74) is 2.89.